The minimum atomic E-state index is 0.0835. The van der Waals surface area contributed by atoms with Crippen molar-refractivity contribution in [3.05, 3.63) is 29.8 Å². The Morgan fingerprint density at radius 3 is 3.12 bits per heavy atom. The molecule has 2 unspecified atom stereocenters. The first kappa shape index (κ1) is 12.4. The Morgan fingerprint density at radius 2 is 2.41 bits per heavy atom. The van der Waals surface area contributed by atoms with Crippen molar-refractivity contribution in [2.24, 2.45) is 0 Å². The van der Waals surface area contributed by atoms with Gasteiger partial charge in [-0.2, -0.15) is 0 Å². The van der Waals surface area contributed by atoms with E-state index in [1.807, 2.05) is 18.2 Å². The Balaban J connectivity index is 2.15. The fourth-order valence-electron chi connectivity index (χ4n) is 2.35. The Hall–Kier alpha value is -1.10. The van der Waals surface area contributed by atoms with Gasteiger partial charge >= 0.3 is 0 Å². The maximum Gasteiger partial charge on any atom is 0.0645 e. The standard InChI is InChI=1S/C13H20N2O2/c1-10(11-3-2-4-12(14)7-11)15-5-6-17-9-13(15)8-16/h2-4,7,10,13,16H,5-6,8-9,14H2,1H3. The summed E-state index contributed by atoms with van der Waals surface area (Å²) in [4.78, 5) is 2.28. The van der Waals surface area contributed by atoms with Crippen LogP contribution in [0, 0.1) is 0 Å². The van der Waals surface area contributed by atoms with E-state index in [-0.39, 0.29) is 18.7 Å². The van der Waals surface area contributed by atoms with Crippen molar-refractivity contribution in [3.8, 4) is 0 Å². The predicted molar refractivity (Wildman–Crippen MR) is 67.7 cm³/mol. The summed E-state index contributed by atoms with van der Waals surface area (Å²) in [5.41, 5.74) is 7.77. The van der Waals surface area contributed by atoms with Crippen LogP contribution < -0.4 is 5.73 Å². The van der Waals surface area contributed by atoms with Crippen LogP contribution in [0.25, 0.3) is 0 Å². The van der Waals surface area contributed by atoms with Crippen molar-refractivity contribution in [1.29, 1.82) is 0 Å². The monoisotopic (exact) mass is 236 g/mol. The molecule has 1 fully saturated rings. The highest BCUT2D eigenvalue weighted by Crippen LogP contribution is 2.25. The maximum atomic E-state index is 9.37. The van der Waals surface area contributed by atoms with Gasteiger partial charge in [0.05, 0.1) is 25.9 Å². The number of nitrogens with zero attached hydrogens (tertiary/aromatic N) is 1. The third kappa shape index (κ3) is 2.77. The number of aliphatic hydroxyl groups is 1. The third-order valence-corrected chi connectivity index (χ3v) is 3.37. The van der Waals surface area contributed by atoms with E-state index in [4.69, 9.17) is 10.5 Å². The van der Waals surface area contributed by atoms with Crippen molar-refractivity contribution >= 4 is 5.69 Å². The van der Waals surface area contributed by atoms with Crippen molar-refractivity contribution in [2.75, 3.05) is 32.1 Å². The summed E-state index contributed by atoms with van der Waals surface area (Å²) < 4.78 is 5.39. The summed E-state index contributed by atoms with van der Waals surface area (Å²) in [5, 5.41) is 9.37. The first-order valence-electron chi connectivity index (χ1n) is 6.02. The molecule has 1 saturated heterocycles. The number of nitrogens with two attached hydrogens (primary N) is 1. The lowest BCUT2D eigenvalue weighted by molar-refractivity contribution is -0.0447. The molecule has 4 nitrogen and oxygen atoms in total. The summed E-state index contributed by atoms with van der Waals surface area (Å²) in [6.45, 7) is 4.45. The van der Waals surface area contributed by atoms with Crippen LogP contribution in [-0.4, -0.2) is 42.4 Å². The van der Waals surface area contributed by atoms with Gasteiger partial charge in [0.15, 0.2) is 0 Å². The fraction of sp³-hybridized carbons (Fsp3) is 0.538. The number of hydrogen-bond acceptors (Lipinski definition) is 4. The second kappa shape index (κ2) is 5.49. The Labute approximate surface area is 102 Å². The summed E-state index contributed by atoms with van der Waals surface area (Å²) in [6, 6.07) is 8.26. The highest BCUT2D eigenvalue weighted by atomic mass is 16.5. The first-order valence-corrected chi connectivity index (χ1v) is 6.02. The van der Waals surface area contributed by atoms with E-state index in [0.717, 1.165) is 18.8 Å². The minimum absolute atomic E-state index is 0.0835. The number of morpholine rings is 1. The highest BCUT2D eigenvalue weighted by molar-refractivity contribution is 5.41. The van der Waals surface area contributed by atoms with Crippen LogP contribution in [-0.2, 0) is 4.74 Å². The summed E-state index contributed by atoms with van der Waals surface area (Å²) in [7, 11) is 0. The van der Waals surface area contributed by atoms with Gasteiger partial charge in [0.1, 0.15) is 0 Å². The Kier molecular flexibility index (Phi) is 3.99. The summed E-state index contributed by atoms with van der Waals surface area (Å²) >= 11 is 0. The van der Waals surface area contributed by atoms with Gasteiger partial charge in [-0.25, -0.2) is 0 Å². The summed E-state index contributed by atoms with van der Waals surface area (Å²) in [5.74, 6) is 0. The third-order valence-electron chi connectivity index (χ3n) is 3.37. The topological polar surface area (TPSA) is 58.7 Å². The normalized spacial score (nSPS) is 23.5. The molecule has 94 valence electrons. The fourth-order valence-corrected chi connectivity index (χ4v) is 2.35. The van der Waals surface area contributed by atoms with Gasteiger partial charge in [0.25, 0.3) is 0 Å². The van der Waals surface area contributed by atoms with Gasteiger partial charge in [-0.15, -0.1) is 0 Å². The number of hydrogen-bond donors (Lipinski definition) is 2. The van der Waals surface area contributed by atoms with Crippen molar-refractivity contribution in [2.45, 2.75) is 19.0 Å². The van der Waals surface area contributed by atoms with Gasteiger partial charge in [-0.05, 0) is 24.6 Å². The number of benzene rings is 1. The van der Waals surface area contributed by atoms with E-state index in [2.05, 4.69) is 17.9 Å². The molecule has 4 heteroatoms. The molecule has 1 aromatic carbocycles. The predicted octanol–water partition coefficient (Wildman–Crippen LogP) is 1.02. The van der Waals surface area contributed by atoms with Gasteiger partial charge in [0.2, 0.25) is 0 Å². The van der Waals surface area contributed by atoms with E-state index in [0.29, 0.717) is 6.61 Å². The molecule has 0 amide bonds. The molecule has 0 aliphatic carbocycles. The molecule has 0 saturated carbocycles. The van der Waals surface area contributed by atoms with E-state index < -0.39 is 0 Å². The molecule has 1 aliphatic heterocycles. The van der Waals surface area contributed by atoms with Crippen LogP contribution in [0.15, 0.2) is 24.3 Å². The molecule has 0 bridgehead atoms. The maximum absolute atomic E-state index is 9.37. The second-order valence-corrected chi connectivity index (χ2v) is 4.50. The number of nitrogen functional groups attached to an aromatic ring is 1. The lowest BCUT2D eigenvalue weighted by Gasteiger charge is -2.39. The average molecular weight is 236 g/mol. The molecule has 2 atom stereocenters. The smallest absolute Gasteiger partial charge is 0.0645 e. The van der Waals surface area contributed by atoms with Crippen molar-refractivity contribution in [3.63, 3.8) is 0 Å². The Morgan fingerprint density at radius 1 is 1.59 bits per heavy atom. The van der Waals surface area contributed by atoms with Crippen LogP contribution in [0.3, 0.4) is 0 Å². The average Bonchev–Trinajstić information content (AvgIpc) is 2.38. The second-order valence-electron chi connectivity index (χ2n) is 4.50. The molecule has 1 aliphatic rings. The van der Waals surface area contributed by atoms with Crippen molar-refractivity contribution < 1.29 is 9.84 Å². The molecule has 0 spiro atoms. The molecule has 1 heterocycles. The molecule has 1 aromatic rings. The minimum Gasteiger partial charge on any atom is -0.399 e. The van der Waals surface area contributed by atoms with Gasteiger partial charge in [-0.3, -0.25) is 4.90 Å². The van der Waals surface area contributed by atoms with E-state index in [9.17, 15) is 5.11 Å². The SMILES string of the molecule is CC(c1cccc(N)c1)N1CCOCC1CO. The van der Waals surface area contributed by atoms with Gasteiger partial charge in [-0.1, -0.05) is 12.1 Å². The van der Waals surface area contributed by atoms with Crippen LogP contribution >= 0.6 is 0 Å². The molecule has 3 N–H and O–H groups in total. The zero-order chi connectivity index (χ0) is 12.3. The number of rotatable bonds is 3. The first-order chi connectivity index (χ1) is 8.22. The quantitative estimate of drug-likeness (QED) is 0.769. The molecule has 0 aromatic heterocycles. The lowest BCUT2D eigenvalue weighted by Crippen LogP contribution is -2.48. The number of ether oxygens (including phenoxy) is 1. The molecule has 0 radical (unpaired) electrons. The largest absolute Gasteiger partial charge is 0.399 e. The number of anilines is 1. The zero-order valence-corrected chi connectivity index (χ0v) is 10.2. The van der Waals surface area contributed by atoms with E-state index >= 15 is 0 Å². The highest BCUT2D eigenvalue weighted by Gasteiger charge is 2.27. The molecular formula is C13H20N2O2. The molecule has 17 heavy (non-hydrogen) atoms. The van der Waals surface area contributed by atoms with Crippen LogP contribution in [0.2, 0.25) is 0 Å². The van der Waals surface area contributed by atoms with Gasteiger partial charge < -0.3 is 15.6 Å². The van der Waals surface area contributed by atoms with Crippen LogP contribution in [0.5, 0.6) is 0 Å². The Bertz CT molecular complexity index is 370. The zero-order valence-electron chi connectivity index (χ0n) is 10.2. The lowest BCUT2D eigenvalue weighted by atomic mass is 10.0. The van der Waals surface area contributed by atoms with E-state index in [1.165, 1.54) is 5.56 Å². The van der Waals surface area contributed by atoms with Crippen LogP contribution in [0.1, 0.15) is 18.5 Å². The van der Waals surface area contributed by atoms with E-state index in [1.54, 1.807) is 0 Å². The summed E-state index contributed by atoms with van der Waals surface area (Å²) in [6.07, 6.45) is 0. The number of aliphatic hydroxyl groups excluding tert-OH is 1. The molecule has 2 rings (SSSR count). The van der Waals surface area contributed by atoms with Crippen LogP contribution in [0.4, 0.5) is 5.69 Å². The van der Waals surface area contributed by atoms with Gasteiger partial charge in [0, 0.05) is 18.3 Å². The molecular weight excluding hydrogens is 216 g/mol. The van der Waals surface area contributed by atoms with Crippen molar-refractivity contribution in [1.82, 2.24) is 4.90 Å².